The largest absolute Gasteiger partial charge is 0.374 e. The summed E-state index contributed by atoms with van der Waals surface area (Å²) in [5.41, 5.74) is 3.28. The molecule has 1 aliphatic rings. The number of ketones is 1. The summed E-state index contributed by atoms with van der Waals surface area (Å²) in [5.74, 6) is 0.140. The van der Waals surface area contributed by atoms with Gasteiger partial charge in [0.25, 0.3) is 0 Å². The van der Waals surface area contributed by atoms with Crippen molar-refractivity contribution in [2.75, 3.05) is 24.6 Å². The summed E-state index contributed by atoms with van der Waals surface area (Å²) in [5, 5.41) is 0. The van der Waals surface area contributed by atoms with Gasteiger partial charge in [0.1, 0.15) is 0 Å². The Bertz CT molecular complexity index is 488. The summed E-state index contributed by atoms with van der Waals surface area (Å²) in [6.45, 7) is 10.6. The number of nitrogens with zero attached hydrogens (tertiary/aromatic N) is 1. The summed E-state index contributed by atoms with van der Waals surface area (Å²) < 4.78 is 5.81. The number of carbonyl (C=O) groups is 1. The predicted molar refractivity (Wildman–Crippen MR) is 82.7 cm³/mol. The Labute approximate surface area is 121 Å². The van der Waals surface area contributed by atoms with E-state index in [2.05, 4.69) is 37.8 Å². The molecular formula is C17H25NO2. The van der Waals surface area contributed by atoms with E-state index < -0.39 is 0 Å². The van der Waals surface area contributed by atoms with Crippen LogP contribution >= 0.6 is 0 Å². The van der Waals surface area contributed by atoms with Crippen molar-refractivity contribution in [1.29, 1.82) is 0 Å². The van der Waals surface area contributed by atoms with E-state index in [1.165, 1.54) is 11.3 Å². The van der Waals surface area contributed by atoms with Gasteiger partial charge in [-0.1, -0.05) is 0 Å². The number of Topliss-reactive ketones (excluding diaryl/α,β-unsaturated/α-hetero) is 1. The van der Waals surface area contributed by atoms with Gasteiger partial charge < -0.3 is 9.64 Å². The van der Waals surface area contributed by atoms with Crippen LogP contribution in [0, 0.1) is 0 Å². The standard InChI is InChI=1S/C17H25NO2/c1-13(19)14-7-8-16-15(12-14)6-5-9-18(16)10-11-20-17(2,3)4/h7-8,12H,5-6,9-11H2,1-4H3. The molecule has 2 rings (SSSR count). The Morgan fingerprint density at radius 1 is 1.35 bits per heavy atom. The van der Waals surface area contributed by atoms with Gasteiger partial charge in [0, 0.05) is 24.3 Å². The number of rotatable bonds is 4. The fourth-order valence-electron chi connectivity index (χ4n) is 2.59. The third-order valence-corrected chi connectivity index (χ3v) is 3.60. The van der Waals surface area contributed by atoms with Gasteiger partial charge in [-0.25, -0.2) is 0 Å². The highest BCUT2D eigenvalue weighted by molar-refractivity contribution is 5.94. The molecule has 0 fully saturated rings. The molecule has 3 heteroatoms. The average Bonchev–Trinajstić information content (AvgIpc) is 2.36. The zero-order valence-corrected chi connectivity index (χ0v) is 13.0. The smallest absolute Gasteiger partial charge is 0.159 e. The Morgan fingerprint density at radius 2 is 2.10 bits per heavy atom. The van der Waals surface area contributed by atoms with Crippen LogP contribution in [0.25, 0.3) is 0 Å². The molecule has 110 valence electrons. The molecule has 0 atom stereocenters. The number of hydrogen-bond donors (Lipinski definition) is 0. The topological polar surface area (TPSA) is 29.5 Å². The van der Waals surface area contributed by atoms with Crippen molar-refractivity contribution in [2.45, 2.75) is 46.1 Å². The van der Waals surface area contributed by atoms with Gasteiger partial charge in [-0.2, -0.15) is 0 Å². The van der Waals surface area contributed by atoms with Crippen LogP contribution in [-0.2, 0) is 11.2 Å². The first-order valence-corrected chi connectivity index (χ1v) is 7.39. The Kier molecular flexibility index (Phi) is 4.48. The minimum atomic E-state index is -0.0862. The lowest BCUT2D eigenvalue weighted by Gasteiger charge is -2.32. The zero-order valence-electron chi connectivity index (χ0n) is 13.0. The number of ether oxygens (including phenoxy) is 1. The van der Waals surface area contributed by atoms with E-state index in [1.54, 1.807) is 6.92 Å². The highest BCUT2D eigenvalue weighted by atomic mass is 16.5. The summed E-state index contributed by atoms with van der Waals surface area (Å²) >= 11 is 0. The lowest BCUT2D eigenvalue weighted by molar-refractivity contribution is 0.00128. The molecule has 0 unspecified atom stereocenters. The molecule has 0 radical (unpaired) electrons. The summed E-state index contributed by atoms with van der Waals surface area (Å²) in [6.07, 6.45) is 2.21. The number of aryl methyl sites for hydroxylation is 1. The predicted octanol–water partition coefficient (Wildman–Crippen LogP) is 3.46. The van der Waals surface area contributed by atoms with Crippen molar-refractivity contribution < 1.29 is 9.53 Å². The zero-order chi connectivity index (χ0) is 14.8. The van der Waals surface area contributed by atoms with Gasteiger partial charge in [-0.3, -0.25) is 4.79 Å². The van der Waals surface area contributed by atoms with E-state index in [1.807, 2.05) is 6.07 Å². The van der Waals surface area contributed by atoms with Crippen LogP contribution in [0.4, 0.5) is 5.69 Å². The van der Waals surface area contributed by atoms with Gasteiger partial charge in [-0.15, -0.1) is 0 Å². The lowest BCUT2D eigenvalue weighted by atomic mass is 9.98. The van der Waals surface area contributed by atoms with E-state index >= 15 is 0 Å². The van der Waals surface area contributed by atoms with Crippen LogP contribution < -0.4 is 4.90 Å². The van der Waals surface area contributed by atoms with E-state index in [0.717, 1.165) is 38.1 Å². The third-order valence-electron chi connectivity index (χ3n) is 3.60. The van der Waals surface area contributed by atoms with Gasteiger partial charge >= 0.3 is 0 Å². The van der Waals surface area contributed by atoms with Crippen LogP contribution in [0.3, 0.4) is 0 Å². The summed E-state index contributed by atoms with van der Waals surface area (Å²) in [7, 11) is 0. The van der Waals surface area contributed by atoms with Gasteiger partial charge in [-0.05, 0) is 64.3 Å². The number of fused-ring (bicyclic) bond motifs is 1. The minimum absolute atomic E-state index is 0.0862. The van der Waals surface area contributed by atoms with Crippen molar-refractivity contribution in [3.8, 4) is 0 Å². The molecule has 1 aliphatic heterocycles. The van der Waals surface area contributed by atoms with E-state index in [-0.39, 0.29) is 11.4 Å². The van der Waals surface area contributed by atoms with Crippen LogP contribution in [0.1, 0.15) is 50.0 Å². The number of carbonyl (C=O) groups excluding carboxylic acids is 1. The molecule has 0 spiro atoms. The molecule has 0 saturated carbocycles. The minimum Gasteiger partial charge on any atom is -0.374 e. The molecule has 0 aliphatic carbocycles. The van der Waals surface area contributed by atoms with Crippen molar-refractivity contribution in [3.05, 3.63) is 29.3 Å². The summed E-state index contributed by atoms with van der Waals surface area (Å²) in [6, 6.07) is 6.07. The molecule has 0 saturated heterocycles. The van der Waals surface area contributed by atoms with Crippen molar-refractivity contribution in [1.82, 2.24) is 0 Å². The Morgan fingerprint density at radius 3 is 2.75 bits per heavy atom. The fourth-order valence-corrected chi connectivity index (χ4v) is 2.59. The molecule has 0 N–H and O–H groups in total. The molecule has 0 aromatic heterocycles. The third kappa shape index (κ3) is 3.83. The van der Waals surface area contributed by atoms with Crippen molar-refractivity contribution >= 4 is 11.5 Å². The quantitative estimate of drug-likeness (QED) is 0.788. The van der Waals surface area contributed by atoms with Gasteiger partial charge in [0.05, 0.1) is 12.2 Å². The first kappa shape index (κ1) is 15.0. The average molecular weight is 275 g/mol. The van der Waals surface area contributed by atoms with Crippen molar-refractivity contribution in [2.24, 2.45) is 0 Å². The second-order valence-electron chi connectivity index (χ2n) is 6.45. The Balaban J connectivity index is 2.07. The van der Waals surface area contributed by atoms with Crippen LogP contribution in [0.2, 0.25) is 0 Å². The second kappa shape index (κ2) is 5.96. The van der Waals surface area contributed by atoms with E-state index in [0.29, 0.717) is 0 Å². The lowest BCUT2D eigenvalue weighted by Crippen LogP contribution is -2.34. The van der Waals surface area contributed by atoms with E-state index in [4.69, 9.17) is 4.74 Å². The van der Waals surface area contributed by atoms with Crippen LogP contribution in [0.5, 0.6) is 0 Å². The molecular weight excluding hydrogens is 250 g/mol. The molecule has 3 nitrogen and oxygen atoms in total. The monoisotopic (exact) mass is 275 g/mol. The highest BCUT2D eigenvalue weighted by Crippen LogP contribution is 2.28. The normalized spacial score (nSPS) is 15.1. The maximum absolute atomic E-state index is 11.5. The number of benzene rings is 1. The maximum atomic E-state index is 11.5. The number of hydrogen-bond acceptors (Lipinski definition) is 3. The summed E-state index contributed by atoms with van der Waals surface area (Å²) in [4.78, 5) is 13.8. The van der Waals surface area contributed by atoms with Crippen molar-refractivity contribution in [3.63, 3.8) is 0 Å². The highest BCUT2D eigenvalue weighted by Gasteiger charge is 2.18. The molecule has 1 heterocycles. The van der Waals surface area contributed by atoms with Crippen LogP contribution in [0.15, 0.2) is 18.2 Å². The molecule has 1 aromatic rings. The Hall–Kier alpha value is -1.35. The molecule has 0 bridgehead atoms. The maximum Gasteiger partial charge on any atom is 0.159 e. The van der Waals surface area contributed by atoms with Crippen LogP contribution in [-0.4, -0.2) is 31.1 Å². The van der Waals surface area contributed by atoms with Gasteiger partial charge in [0.15, 0.2) is 5.78 Å². The molecule has 1 aromatic carbocycles. The molecule has 20 heavy (non-hydrogen) atoms. The van der Waals surface area contributed by atoms with Gasteiger partial charge in [0.2, 0.25) is 0 Å². The SMILES string of the molecule is CC(=O)c1ccc2c(c1)CCCN2CCOC(C)(C)C. The van der Waals surface area contributed by atoms with E-state index in [9.17, 15) is 4.79 Å². The first-order valence-electron chi connectivity index (χ1n) is 7.39. The fraction of sp³-hybridized carbons (Fsp3) is 0.588. The first-order chi connectivity index (χ1) is 9.37. The second-order valence-corrected chi connectivity index (χ2v) is 6.45. The number of anilines is 1. The molecule has 0 amide bonds.